The highest BCUT2D eigenvalue weighted by Crippen LogP contribution is 2.18. The van der Waals surface area contributed by atoms with Gasteiger partial charge >= 0.3 is 0 Å². The number of carbonyl (C=O) groups is 1. The molecule has 6 heteroatoms. The van der Waals surface area contributed by atoms with Gasteiger partial charge in [-0.1, -0.05) is 13.8 Å². The summed E-state index contributed by atoms with van der Waals surface area (Å²) in [5, 5.41) is 5.00. The van der Waals surface area contributed by atoms with Gasteiger partial charge in [0.05, 0.1) is 4.90 Å². The van der Waals surface area contributed by atoms with Crippen LogP contribution in [0.15, 0.2) is 29.2 Å². The molecule has 0 saturated heterocycles. The van der Waals surface area contributed by atoms with E-state index in [1.807, 2.05) is 13.8 Å². The monoisotopic (exact) mass is 270 g/mol. The number of amides is 1. The normalized spacial score (nSPS) is 13.1. The molecule has 0 saturated carbocycles. The zero-order valence-corrected chi connectivity index (χ0v) is 11.6. The third-order valence-electron chi connectivity index (χ3n) is 2.92. The van der Waals surface area contributed by atoms with Crippen LogP contribution in [0.4, 0.5) is 5.69 Å². The Kier molecular flexibility index (Phi) is 4.48. The first kappa shape index (κ1) is 14.7. The molecule has 0 aliphatic carbocycles. The van der Waals surface area contributed by atoms with Crippen molar-refractivity contribution >= 4 is 21.6 Å². The Balaban J connectivity index is 2.96. The van der Waals surface area contributed by atoms with Gasteiger partial charge in [-0.15, -0.1) is 0 Å². The largest absolute Gasteiger partial charge is 0.315 e. The fourth-order valence-corrected chi connectivity index (χ4v) is 2.01. The number of benzene rings is 1. The van der Waals surface area contributed by atoms with E-state index in [0.717, 1.165) is 6.42 Å². The lowest BCUT2D eigenvalue weighted by Gasteiger charge is -2.20. The Morgan fingerprint density at radius 1 is 1.33 bits per heavy atom. The summed E-state index contributed by atoms with van der Waals surface area (Å²) in [5.74, 6) is -0.0613. The number of nitrogens with two attached hydrogens (primary N) is 1. The molecule has 0 bridgehead atoms. The number of hydrogen-bond donors (Lipinski definition) is 1. The average Bonchev–Trinajstić information content (AvgIpc) is 2.35. The summed E-state index contributed by atoms with van der Waals surface area (Å²) in [5.41, 5.74) is 0.646. The summed E-state index contributed by atoms with van der Waals surface area (Å²) in [6.07, 6.45) is 0.762. The summed E-state index contributed by atoms with van der Waals surface area (Å²) >= 11 is 0. The second kappa shape index (κ2) is 5.49. The molecule has 0 heterocycles. The van der Waals surface area contributed by atoms with Crippen molar-refractivity contribution in [3.05, 3.63) is 24.3 Å². The third-order valence-corrected chi connectivity index (χ3v) is 3.85. The van der Waals surface area contributed by atoms with Gasteiger partial charge in [0.1, 0.15) is 0 Å². The molecule has 5 nitrogen and oxygen atoms in total. The minimum atomic E-state index is -3.69. The van der Waals surface area contributed by atoms with Crippen molar-refractivity contribution in [3.8, 4) is 0 Å². The Bertz CT molecular complexity index is 523. The molecule has 1 rings (SSSR count). The number of hydrogen-bond acceptors (Lipinski definition) is 3. The van der Waals surface area contributed by atoms with Crippen LogP contribution in [0.3, 0.4) is 0 Å². The standard InChI is InChI=1S/C12H18N2O3S/c1-4-9(2)12(15)14(3)10-5-7-11(8-6-10)18(13,16)17/h5-9H,4H2,1-3H3,(H2,13,16,17). The molecule has 0 aliphatic heterocycles. The Labute approximate surface area is 108 Å². The van der Waals surface area contributed by atoms with Crippen LogP contribution in [-0.4, -0.2) is 21.4 Å². The van der Waals surface area contributed by atoms with Crippen LogP contribution in [0.1, 0.15) is 20.3 Å². The van der Waals surface area contributed by atoms with Crippen molar-refractivity contribution in [2.75, 3.05) is 11.9 Å². The van der Waals surface area contributed by atoms with Crippen molar-refractivity contribution < 1.29 is 13.2 Å². The highest BCUT2D eigenvalue weighted by atomic mass is 32.2. The van der Waals surface area contributed by atoms with Crippen molar-refractivity contribution in [2.24, 2.45) is 11.1 Å². The van der Waals surface area contributed by atoms with E-state index in [2.05, 4.69) is 0 Å². The minimum Gasteiger partial charge on any atom is -0.315 e. The molecule has 1 atom stereocenters. The van der Waals surface area contributed by atoms with Gasteiger partial charge in [0.2, 0.25) is 15.9 Å². The summed E-state index contributed by atoms with van der Waals surface area (Å²) in [6, 6.07) is 5.93. The number of primary sulfonamides is 1. The average molecular weight is 270 g/mol. The molecule has 1 unspecified atom stereocenters. The van der Waals surface area contributed by atoms with E-state index in [9.17, 15) is 13.2 Å². The first-order chi connectivity index (χ1) is 8.27. The molecule has 18 heavy (non-hydrogen) atoms. The smallest absolute Gasteiger partial charge is 0.238 e. The van der Waals surface area contributed by atoms with E-state index in [0.29, 0.717) is 5.69 Å². The molecule has 0 radical (unpaired) electrons. The van der Waals surface area contributed by atoms with Gasteiger partial charge in [0.15, 0.2) is 0 Å². The van der Waals surface area contributed by atoms with Crippen molar-refractivity contribution in [1.82, 2.24) is 0 Å². The number of sulfonamides is 1. The van der Waals surface area contributed by atoms with Crippen LogP contribution in [-0.2, 0) is 14.8 Å². The fraction of sp³-hybridized carbons (Fsp3) is 0.417. The molecule has 0 fully saturated rings. The molecule has 100 valence electrons. The second-order valence-corrected chi connectivity index (χ2v) is 5.81. The van der Waals surface area contributed by atoms with Crippen LogP contribution in [0.5, 0.6) is 0 Å². The summed E-state index contributed by atoms with van der Waals surface area (Å²) < 4.78 is 22.2. The molecular weight excluding hydrogens is 252 g/mol. The van der Waals surface area contributed by atoms with Gasteiger partial charge in [-0.05, 0) is 30.7 Å². The Morgan fingerprint density at radius 3 is 2.22 bits per heavy atom. The lowest BCUT2D eigenvalue weighted by molar-refractivity contribution is -0.121. The molecule has 1 amide bonds. The molecule has 0 spiro atoms. The lowest BCUT2D eigenvalue weighted by atomic mass is 10.1. The quantitative estimate of drug-likeness (QED) is 0.896. The third kappa shape index (κ3) is 3.30. The number of rotatable bonds is 4. The zero-order valence-electron chi connectivity index (χ0n) is 10.8. The molecule has 0 aliphatic rings. The van der Waals surface area contributed by atoms with Crippen LogP contribution in [0.2, 0.25) is 0 Å². The lowest BCUT2D eigenvalue weighted by Crippen LogP contribution is -2.31. The van der Waals surface area contributed by atoms with E-state index in [1.165, 1.54) is 17.0 Å². The Morgan fingerprint density at radius 2 is 1.83 bits per heavy atom. The Hall–Kier alpha value is -1.40. The maximum Gasteiger partial charge on any atom is 0.238 e. The maximum absolute atomic E-state index is 11.9. The van der Waals surface area contributed by atoms with Gasteiger partial charge < -0.3 is 4.90 Å². The minimum absolute atomic E-state index is 0.000792. The molecule has 1 aromatic rings. The summed E-state index contributed by atoms with van der Waals surface area (Å²) in [4.78, 5) is 13.5. The number of nitrogens with zero attached hydrogens (tertiary/aromatic N) is 1. The second-order valence-electron chi connectivity index (χ2n) is 4.25. The predicted octanol–water partition coefficient (Wildman–Crippen LogP) is 1.34. The van der Waals surface area contributed by atoms with E-state index in [4.69, 9.17) is 5.14 Å². The van der Waals surface area contributed by atoms with Gasteiger partial charge in [-0.3, -0.25) is 4.79 Å². The van der Waals surface area contributed by atoms with Crippen LogP contribution in [0, 0.1) is 5.92 Å². The van der Waals surface area contributed by atoms with E-state index in [1.54, 1.807) is 19.2 Å². The van der Waals surface area contributed by atoms with Crippen LogP contribution < -0.4 is 10.0 Å². The van der Waals surface area contributed by atoms with E-state index in [-0.39, 0.29) is 16.7 Å². The molecule has 0 aromatic heterocycles. The highest BCUT2D eigenvalue weighted by molar-refractivity contribution is 7.89. The topological polar surface area (TPSA) is 80.5 Å². The van der Waals surface area contributed by atoms with Crippen molar-refractivity contribution in [1.29, 1.82) is 0 Å². The molecule has 2 N–H and O–H groups in total. The SMILES string of the molecule is CCC(C)C(=O)N(C)c1ccc(S(N)(=O)=O)cc1. The van der Waals surface area contributed by atoms with Crippen molar-refractivity contribution in [2.45, 2.75) is 25.2 Å². The van der Waals surface area contributed by atoms with Gasteiger partial charge in [0.25, 0.3) is 0 Å². The summed E-state index contributed by atoms with van der Waals surface area (Å²) in [7, 11) is -2.02. The maximum atomic E-state index is 11.9. The fourth-order valence-electron chi connectivity index (χ4n) is 1.49. The van der Waals surface area contributed by atoms with E-state index >= 15 is 0 Å². The van der Waals surface area contributed by atoms with Gasteiger partial charge in [-0.25, -0.2) is 13.6 Å². The molecular formula is C12H18N2O3S. The number of carbonyl (C=O) groups excluding carboxylic acids is 1. The highest BCUT2D eigenvalue weighted by Gasteiger charge is 2.17. The summed E-state index contributed by atoms with van der Waals surface area (Å²) in [6.45, 7) is 3.80. The number of anilines is 1. The molecule has 1 aromatic carbocycles. The van der Waals surface area contributed by atoms with E-state index < -0.39 is 10.0 Å². The van der Waals surface area contributed by atoms with Crippen LogP contribution in [0.25, 0.3) is 0 Å². The van der Waals surface area contributed by atoms with Gasteiger partial charge in [-0.2, -0.15) is 0 Å². The first-order valence-corrected chi connectivity index (χ1v) is 7.22. The van der Waals surface area contributed by atoms with Gasteiger partial charge in [0, 0.05) is 18.7 Å². The van der Waals surface area contributed by atoms with Crippen LogP contribution >= 0.6 is 0 Å². The zero-order chi connectivity index (χ0) is 13.9. The first-order valence-electron chi connectivity index (χ1n) is 5.67. The predicted molar refractivity (Wildman–Crippen MR) is 70.7 cm³/mol. The van der Waals surface area contributed by atoms with Crippen molar-refractivity contribution in [3.63, 3.8) is 0 Å².